The number of hydrogen-bond donors (Lipinski definition) is 2. The number of Topliss-reactive ketones (excluding diaryl/α,β-unsaturated/α-hetero) is 1. The van der Waals surface area contributed by atoms with E-state index >= 15 is 0 Å². The van der Waals surface area contributed by atoms with E-state index in [4.69, 9.17) is 5.73 Å². The molecule has 0 saturated heterocycles. The number of nitrogens with one attached hydrogen (secondary N) is 1. The molecule has 2 amide bonds. The number of carbonyl (C=O) groups is 3. The third kappa shape index (κ3) is 4.65. The third-order valence-corrected chi connectivity index (χ3v) is 4.84. The highest BCUT2D eigenvalue weighted by molar-refractivity contribution is 7.11. The minimum absolute atomic E-state index is 0.251. The molecule has 0 radical (unpaired) electrons. The molecule has 3 aromatic rings. The molecule has 6 nitrogen and oxygen atoms in total. The average molecular weight is 379 g/mol. The van der Waals surface area contributed by atoms with Gasteiger partial charge in [-0.15, -0.1) is 11.3 Å². The largest absolute Gasteiger partial charge is 0.363 e. The molecule has 7 heteroatoms. The number of amides is 2. The van der Waals surface area contributed by atoms with Gasteiger partial charge in [-0.2, -0.15) is 0 Å². The first-order chi connectivity index (χ1) is 13.0. The number of benzene rings is 2. The van der Waals surface area contributed by atoms with Crippen LogP contribution in [0.5, 0.6) is 0 Å². The predicted molar refractivity (Wildman–Crippen MR) is 104 cm³/mol. The molecular formula is C20H17N3O3S. The molecule has 3 N–H and O–H groups in total. The number of thiazole rings is 1. The number of nitrogens with two attached hydrogens (primary N) is 1. The smallest absolute Gasteiger partial charge is 0.285 e. The third-order valence-electron chi connectivity index (χ3n) is 4.07. The first kappa shape index (κ1) is 18.5. The van der Waals surface area contributed by atoms with Gasteiger partial charge in [-0.25, -0.2) is 0 Å². The van der Waals surface area contributed by atoms with Crippen molar-refractivity contribution in [3.05, 3.63) is 82.3 Å². The van der Waals surface area contributed by atoms with Crippen LogP contribution in [0.15, 0.2) is 66.3 Å². The summed E-state index contributed by atoms with van der Waals surface area (Å²) in [6.45, 7) is 0. The van der Waals surface area contributed by atoms with Crippen LogP contribution in [0.1, 0.15) is 26.7 Å². The average Bonchev–Trinajstić information content (AvgIpc) is 3.22. The van der Waals surface area contributed by atoms with Crippen LogP contribution in [-0.2, 0) is 16.0 Å². The Bertz CT molecular complexity index is 938. The number of rotatable bonds is 7. The van der Waals surface area contributed by atoms with E-state index in [1.165, 1.54) is 17.5 Å². The van der Waals surface area contributed by atoms with Crippen molar-refractivity contribution < 1.29 is 14.4 Å². The van der Waals surface area contributed by atoms with Gasteiger partial charge in [-0.1, -0.05) is 42.5 Å². The fourth-order valence-electron chi connectivity index (χ4n) is 2.70. The highest BCUT2D eigenvalue weighted by Crippen LogP contribution is 2.24. The van der Waals surface area contributed by atoms with E-state index < -0.39 is 17.6 Å². The van der Waals surface area contributed by atoms with Gasteiger partial charge in [0.05, 0.1) is 17.6 Å². The van der Waals surface area contributed by atoms with Gasteiger partial charge in [0.2, 0.25) is 5.78 Å². The summed E-state index contributed by atoms with van der Waals surface area (Å²) < 4.78 is 0. The summed E-state index contributed by atoms with van der Waals surface area (Å²) in [6, 6.07) is 16.2. The van der Waals surface area contributed by atoms with Crippen LogP contribution in [0.3, 0.4) is 0 Å². The Balaban J connectivity index is 1.79. The van der Waals surface area contributed by atoms with Gasteiger partial charge in [-0.05, 0) is 29.7 Å². The monoisotopic (exact) mass is 379 g/mol. The molecule has 27 heavy (non-hydrogen) atoms. The van der Waals surface area contributed by atoms with Crippen molar-refractivity contribution in [3.8, 4) is 0 Å². The van der Waals surface area contributed by atoms with E-state index in [9.17, 15) is 14.4 Å². The molecule has 0 aliphatic heterocycles. The Kier molecular flexibility index (Phi) is 5.73. The van der Waals surface area contributed by atoms with Crippen LogP contribution >= 0.6 is 11.3 Å². The van der Waals surface area contributed by atoms with Gasteiger partial charge in [0, 0.05) is 5.69 Å². The molecule has 0 saturated carbocycles. The van der Waals surface area contributed by atoms with Crippen molar-refractivity contribution in [1.82, 2.24) is 4.98 Å². The van der Waals surface area contributed by atoms with E-state index in [1.807, 2.05) is 30.3 Å². The summed E-state index contributed by atoms with van der Waals surface area (Å²) in [5.74, 6) is -2.52. The number of hydrogen-bond acceptors (Lipinski definition) is 5. The normalized spacial score (nSPS) is 11.6. The van der Waals surface area contributed by atoms with E-state index in [-0.39, 0.29) is 5.91 Å². The summed E-state index contributed by atoms with van der Waals surface area (Å²) in [5.41, 5.74) is 8.99. The lowest BCUT2D eigenvalue weighted by Gasteiger charge is -2.15. The second-order valence-electron chi connectivity index (χ2n) is 5.91. The van der Waals surface area contributed by atoms with Gasteiger partial charge in [0.15, 0.2) is 0 Å². The number of ketones is 1. The van der Waals surface area contributed by atoms with Crippen LogP contribution in [0, 0.1) is 0 Å². The summed E-state index contributed by atoms with van der Waals surface area (Å²) in [5, 5.41) is 2.77. The SMILES string of the molecule is NC(=O)C(=O)C(Cc1ccccc1)c1ccc(NC(=O)c2cncs2)cc1. The van der Waals surface area contributed by atoms with Crippen LogP contribution in [-0.4, -0.2) is 22.6 Å². The highest BCUT2D eigenvalue weighted by atomic mass is 32.1. The van der Waals surface area contributed by atoms with Gasteiger partial charge >= 0.3 is 0 Å². The quantitative estimate of drug-likeness (QED) is 0.616. The van der Waals surface area contributed by atoms with Crippen LogP contribution in [0.4, 0.5) is 5.69 Å². The standard InChI is InChI=1S/C20H17N3O3S/c21-19(25)18(24)16(10-13-4-2-1-3-5-13)14-6-8-15(9-7-14)23-20(26)17-11-22-12-27-17/h1-9,11-12,16H,10H2,(H2,21,25)(H,23,26). The van der Waals surface area contributed by atoms with Crippen LogP contribution in [0.2, 0.25) is 0 Å². The number of nitrogens with zero attached hydrogens (tertiary/aromatic N) is 1. The maximum absolute atomic E-state index is 12.3. The topological polar surface area (TPSA) is 102 Å². The molecule has 0 aliphatic rings. The minimum Gasteiger partial charge on any atom is -0.363 e. The molecule has 0 bridgehead atoms. The number of anilines is 1. The molecule has 1 unspecified atom stereocenters. The Labute approximate surface area is 160 Å². The van der Waals surface area contributed by atoms with E-state index in [2.05, 4.69) is 10.3 Å². The minimum atomic E-state index is -0.960. The summed E-state index contributed by atoms with van der Waals surface area (Å²) >= 11 is 1.25. The number of carbonyl (C=O) groups excluding carboxylic acids is 3. The van der Waals surface area contributed by atoms with Crippen LogP contribution < -0.4 is 11.1 Å². The number of aromatic nitrogens is 1. The predicted octanol–water partition coefficient (Wildman–Crippen LogP) is 2.78. The van der Waals surface area contributed by atoms with Crippen molar-refractivity contribution >= 4 is 34.6 Å². The zero-order chi connectivity index (χ0) is 19.2. The van der Waals surface area contributed by atoms with Gasteiger partial charge < -0.3 is 11.1 Å². The van der Waals surface area contributed by atoms with Crippen molar-refractivity contribution in [2.45, 2.75) is 12.3 Å². The van der Waals surface area contributed by atoms with Crippen LogP contribution in [0.25, 0.3) is 0 Å². The summed E-state index contributed by atoms with van der Waals surface area (Å²) in [7, 11) is 0. The number of primary amides is 1. The molecule has 2 aromatic carbocycles. The Hall–Kier alpha value is -3.32. The van der Waals surface area contributed by atoms with Gasteiger partial charge in [0.25, 0.3) is 11.8 Å². The summed E-state index contributed by atoms with van der Waals surface area (Å²) in [4.78, 5) is 40.2. The molecule has 1 heterocycles. The van der Waals surface area contributed by atoms with Crippen molar-refractivity contribution in [2.24, 2.45) is 5.73 Å². The molecule has 0 fully saturated rings. The Morgan fingerprint density at radius 1 is 1.04 bits per heavy atom. The maximum Gasteiger partial charge on any atom is 0.285 e. The first-order valence-corrected chi connectivity index (χ1v) is 9.10. The molecule has 1 atom stereocenters. The molecule has 1 aromatic heterocycles. The molecule has 136 valence electrons. The molecule has 0 aliphatic carbocycles. The highest BCUT2D eigenvalue weighted by Gasteiger charge is 2.25. The van der Waals surface area contributed by atoms with E-state index in [0.29, 0.717) is 22.5 Å². The van der Waals surface area contributed by atoms with Crippen molar-refractivity contribution in [1.29, 1.82) is 0 Å². The second-order valence-corrected chi connectivity index (χ2v) is 6.80. The first-order valence-electron chi connectivity index (χ1n) is 8.22. The maximum atomic E-state index is 12.3. The van der Waals surface area contributed by atoms with Gasteiger partial charge in [0.1, 0.15) is 4.88 Å². The zero-order valence-corrected chi connectivity index (χ0v) is 15.1. The van der Waals surface area contributed by atoms with E-state index in [1.54, 1.807) is 29.8 Å². The second kappa shape index (κ2) is 8.37. The van der Waals surface area contributed by atoms with Gasteiger partial charge in [-0.3, -0.25) is 19.4 Å². The molecule has 3 rings (SSSR count). The molecule has 0 spiro atoms. The van der Waals surface area contributed by atoms with E-state index in [0.717, 1.165) is 5.56 Å². The lowest BCUT2D eigenvalue weighted by Crippen LogP contribution is -2.30. The summed E-state index contributed by atoms with van der Waals surface area (Å²) in [6.07, 6.45) is 1.87. The zero-order valence-electron chi connectivity index (χ0n) is 14.3. The Morgan fingerprint density at radius 2 is 1.74 bits per heavy atom. The fourth-order valence-corrected chi connectivity index (χ4v) is 3.22. The molecular weight excluding hydrogens is 362 g/mol. The van der Waals surface area contributed by atoms with Crippen molar-refractivity contribution in [3.63, 3.8) is 0 Å². The van der Waals surface area contributed by atoms with Crippen molar-refractivity contribution in [2.75, 3.05) is 5.32 Å². The lowest BCUT2D eigenvalue weighted by atomic mass is 9.88. The Morgan fingerprint density at radius 3 is 2.33 bits per heavy atom. The lowest BCUT2D eigenvalue weighted by molar-refractivity contribution is -0.136. The fraction of sp³-hybridized carbons (Fsp3) is 0.100.